The topological polar surface area (TPSA) is 88.2 Å². The lowest BCUT2D eigenvalue weighted by Crippen LogP contribution is -2.25. The summed E-state index contributed by atoms with van der Waals surface area (Å²) >= 11 is 0. The maximum atomic E-state index is 12.5. The van der Waals surface area contributed by atoms with Gasteiger partial charge in [0.25, 0.3) is 5.91 Å². The molecule has 1 heterocycles. The second-order valence-corrected chi connectivity index (χ2v) is 7.66. The Morgan fingerprint density at radius 1 is 0.889 bits per heavy atom. The van der Waals surface area contributed by atoms with Gasteiger partial charge in [-0.25, -0.2) is 8.42 Å². The first kappa shape index (κ1) is 18.6. The van der Waals surface area contributed by atoms with Crippen LogP contribution in [-0.4, -0.2) is 19.3 Å². The normalized spacial score (nSPS) is 11.0. The molecule has 2 N–H and O–H groups in total. The molecule has 1 aromatic heterocycles. The van der Waals surface area contributed by atoms with Gasteiger partial charge in [-0.3, -0.25) is 14.5 Å². The molecule has 0 spiro atoms. The molecule has 7 heteroatoms. The van der Waals surface area contributed by atoms with E-state index in [1.165, 1.54) is 0 Å². The van der Waals surface area contributed by atoms with Crippen LogP contribution >= 0.6 is 0 Å². The molecular weight excluding hydrogens is 362 g/mol. The Bertz CT molecular complexity index is 1010. The van der Waals surface area contributed by atoms with Crippen molar-refractivity contribution < 1.29 is 13.2 Å². The maximum Gasteiger partial charge on any atom is 0.253 e. The van der Waals surface area contributed by atoms with Crippen molar-refractivity contribution in [2.45, 2.75) is 12.3 Å². The highest BCUT2D eigenvalue weighted by Crippen LogP contribution is 2.18. The molecule has 0 fully saturated rings. The minimum absolute atomic E-state index is 0.167. The Hall–Kier alpha value is -3.19. The number of para-hydroxylation sites is 1. The first-order chi connectivity index (χ1) is 13.0. The van der Waals surface area contributed by atoms with E-state index in [4.69, 9.17) is 0 Å². The SMILES string of the molecule is O=C(NCc1cccnc1)c1ccccc1NS(=O)(=O)Cc1ccccc1. The summed E-state index contributed by atoms with van der Waals surface area (Å²) in [6.45, 7) is 0.303. The molecular formula is C20H19N3O3S. The van der Waals surface area contributed by atoms with Crippen LogP contribution in [0.25, 0.3) is 0 Å². The smallest absolute Gasteiger partial charge is 0.253 e. The zero-order valence-electron chi connectivity index (χ0n) is 14.5. The summed E-state index contributed by atoms with van der Waals surface area (Å²) in [5, 5.41) is 2.78. The zero-order valence-corrected chi connectivity index (χ0v) is 15.3. The number of nitrogens with one attached hydrogen (secondary N) is 2. The van der Waals surface area contributed by atoms with Gasteiger partial charge < -0.3 is 5.32 Å². The Labute approximate surface area is 158 Å². The average Bonchev–Trinajstić information content (AvgIpc) is 2.67. The van der Waals surface area contributed by atoms with E-state index in [1.807, 2.05) is 12.1 Å². The zero-order chi connectivity index (χ0) is 19.1. The van der Waals surface area contributed by atoms with Crippen LogP contribution in [0.4, 0.5) is 5.69 Å². The van der Waals surface area contributed by atoms with E-state index >= 15 is 0 Å². The number of aromatic nitrogens is 1. The number of anilines is 1. The van der Waals surface area contributed by atoms with Crippen LogP contribution in [0.15, 0.2) is 79.1 Å². The van der Waals surface area contributed by atoms with Crippen molar-refractivity contribution in [1.82, 2.24) is 10.3 Å². The van der Waals surface area contributed by atoms with Crippen molar-refractivity contribution in [3.05, 3.63) is 95.8 Å². The predicted molar refractivity (Wildman–Crippen MR) is 105 cm³/mol. The van der Waals surface area contributed by atoms with Gasteiger partial charge in [0.05, 0.1) is 17.0 Å². The third kappa shape index (κ3) is 5.39. The van der Waals surface area contributed by atoms with Crippen LogP contribution in [0.1, 0.15) is 21.5 Å². The number of benzene rings is 2. The summed E-state index contributed by atoms with van der Waals surface area (Å²) in [5.74, 6) is -0.531. The summed E-state index contributed by atoms with van der Waals surface area (Å²) in [6.07, 6.45) is 3.32. The molecule has 138 valence electrons. The Balaban J connectivity index is 1.72. The maximum absolute atomic E-state index is 12.5. The molecule has 0 aliphatic rings. The van der Waals surface area contributed by atoms with Crippen LogP contribution in [0.2, 0.25) is 0 Å². The summed E-state index contributed by atoms with van der Waals surface area (Å²) in [7, 11) is -3.65. The second kappa shape index (κ2) is 8.46. The number of sulfonamides is 1. The number of pyridine rings is 1. The fraction of sp³-hybridized carbons (Fsp3) is 0.100. The third-order valence-electron chi connectivity index (χ3n) is 3.81. The Morgan fingerprint density at radius 2 is 1.59 bits per heavy atom. The average molecular weight is 381 g/mol. The van der Waals surface area contributed by atoms with Gasteiger partial charge in [-0.05, 0) is 29.3 Å². The first-order valence-electron chi connectivity index (χ1n) is 8.34. The van der Waals surface area contributed by atoms with Crippen molar-refractivity contribution in [1.29, 1.82) is 0 Å². The highest BCUT2D eigenvalue weighted by atomic mass is 32.2. The van der Waals surface area contributed by atoms with Crippen molar-refractivity contribution in [2.75, 3.05) is 4.72 Å². The van der Waals surface area contributed by atoms with E-state index in [0.29, 0.717) is 12.1 Å². The van der Waals surface area contributed by atoms with Gasteiger partial charge in [0.2, 0.25) is 10.0 Å². The van der Waals surface area contributed by atoms with Crippen molar-refractivity contribution in [3.8, 4) is 0 Å². The predicted octanol–water partition coefficient (Wildman–Crippen LogP) is 2.95. The van der Waals surface area contributed by atoms with E-state index in [0.717, 1.165) is 5.56 Å². The highest BCUT2D eigenvalue weighted by Gasteiger charge is 2.17. The third-order valence-corrected chi connectivity index (χ3v) is 5.06. The number of carbonyl (C=O) groups is 1. The fourth-order valence-corrected chi connectivity index (χ4v) is 3.76. The molecule has 0 bridgehead atoms. The largest absolute Gasteiger partial charge is 0.348 e. The minimum Gasteiger partial charge on any atom is -0.348 e. The molecule has 0 aliphatic carbocycles. The molecule has 1 amide bonds. The number of hydrogen-bond acceptors (Lipinski definition) is 4. The quantitative estimate of drug-likeness (QED) is 0.659. The van der Waals surface area contributed by atoms with Gasteiger partial charge >= 0.3 is 0 Å². The lowest BCUT2D eigenvalue weighted by Gasteiger charge is -2.13. The van der Waals surface area contributed by atoms with Crippen molar-refractivity contribution >= 4 is 21.6 Å². The van der Waals surface area contributed by atoms with Gasteiger partial charge in [0.1, 0.15) is 0 Å². The first-order valence-corrected chi connectivity index (χ1v) is 9.99. The molecule has 2 aromatic carbocycles. The molecule has 27 heavy (non-hydrogen) atoms. The molecule has 3 rings (SSSR count). The van der Waals surface area contributed by atoms with Gasteiger partial charge in [0.15, 0.2) is 0 Å². The molecule has 3 aromatic rings. The van der Waals surface area contributed by atoms with Crippen molar-refractivity contribution in [2.24, 2.45) is 0 Å². The van der Waals surface area contributed by atoms with Crippen LogP contribution in [0, 0.1) is 0 Å². The number of carbonyl (C=O) groups excluding carboxylic acids is 1. The number of amides is 1. The summed E-state index contributed by atoms with van der Waals surface area (Å²) in [5.41, 5.74) is 2.03. The van der Waals surface area contributed by atoms with Crippen LogP contribution in [0.5, 0.6) is 0 Å². The standard InChI is InChI=1S/C20H19N3O3S/c24-20(22-14-17-9-6-12-21-13-17)18-10-4-5-11-19(18)23-27(25,26)15-16-7-2-1-3-8-16/h1-13,23H,14-15H2,(H,22,24). The van der Waals surface area contributed by atoms with Crippen LogP contribution < -0.4 is 10.0 Å². The minimum atomic E-state index is -3.65. The lowest BCUT2D eigenvalue weighted by atomic mass is 10.1. The lowest BCUT2D eigenvalue weighted by molar-refractivity contribution is 0.0952. The van der Waals surface area contributed by atoms with Crippen LogP contribution in [0.3, 0.4) is 0 Å². The number of hydrogen-bond donors (Lipinski definition) is 2. The van der Waals surface area contributed by atoms with Crippen LogP contribution in [-0.2, 0) is 22.3 Å². The van der Waals surface area contributed by atoms with Gasteiger partial charge in [0, 0.05) is 18.9 Å². The van der Waals surface area contributed by atoms with E-state index in [-0.39, 0.29) is 22.9 Å². The summed E-state index contributed by atoms with van der Waals surface area (Å²) in [4.78, 5) is 16.5. The van der Waals surface area contributed by atoms with E-state index < -0.39 is 10.0 Å². The second-order valence-electron chi connectivity index (χ2n) is 5.94. The molecule has 0 radical (unpaired) electrons. The number of rotatable bonds is 7. The highest BCUT2D eigenvalue weighted by molar-refractivity contribution is 7.91. The van der Waals surface area contributed by atoms with Gasteiger partial charge in [-0.15, -0.1) is 0 Å². The van der Waals surface area contributed by atoms with Gasteiger partial charge in [-0.1, -0.05) is 48.5 Å². The molecule has 0 saturated carbocycles. The molecule has 0 atom stereocenters. The molecule has 0 aliphatic heterocycles. The summed E-state index contributed by atoms with van der Waals surface area (Å²) in [6, 6.07) is 19.0. The molecule has 0 unspecified atom stereocenters. The molecule has 0 saturated heterocycles. The molecule has 6 nitrogen and oxygen atoms in total. The van der Waals surface area contributed by atoms with Crippen molar-refractivity contribution in [3.63, 3.8) is 0 Å². The van der Waals surface area contributed by atoms with E-state index in [9.17, 15) is 13.2 Å². The van der Waals surface area contributed by atoms with Gasteiger partial charge in [-0.2, -0.15) is 0 Å². The fourth-order valence-electron chi connectivity index (χ4n) is 2.55. The Morgan fingerprint density at radius 3 is 2.33 bits per heavy atom. The summed E-state index contributed by atoms with van der Waals surface area (Å²) < 4.78 is 27.5. The monoisotopic (exact) mass is 381 g/mol. The van der Waals surface area contributed by atoms with E-state index in [2.05, 4.69) is 15.0 Å². The Kier molecular flexibility index (Phi) is 5.83. The van der Waals surface area contributed by atoms with E-state index in [1.54, 1.807) is 67.0 Å². The number of nitrogens with zero attached hydrogens (tertiary/aromatic N) is 1.